The van der Waals surface area contributed by atoms with E-state index in [2.05, 4.69) is 4.98 Å². The predicted molar refractivity (Wildman–Crippen MR) is 89.3 cm³/mol. The molecule has 3 heterocycles. The van der Waals surface area contributed by atoms with Gasteiger partial charge in [-0.1, -0.05) is 19.3 Å². The van der Waals surface area contributed by atoms with Crippen LogP contribution in [0.25, 0.3) is 0 Å². The number of rotatable bonds is 3. The minimum Gasteiger partial charge on any atom is -0.379 e. The fraction of sp³-hybridized carbons (Fsp3) is 0.684. The van der Waals surface area contributed by atoms with Gasteiger partial charge in [0.2, 0.25) is 5.91 Å². The minimum absolute atomic E-state index is 0.0764. The van der Waals surface area contributed by atoms with E-state index < -0.39 is 0 Å². The van der Waals surface area contributed by atoms with Gasteiger partial charge in [-0.05, 0) is 30.0 Å². The molecular weight excluding hydrogens is 304 g/mol. The van der Waals surface area contributed by atoms with E-state index >= 15 is 0 Å². The molecule has 0 spiro atoms. The van der Waals surface area contributed by atoms with Gasteiger partial charge in [-0.15, -0.1) is 0 Å². The third-order valence-electron chi connectivity index (χ3n) is 5.86. The smallest absolute Gasteiger partial charge is 0.228 e. The molecule has 1 aliphatic carbocycles. The van der Waals surface area contributed by atoms with Crippen molar-refractivity contribution < 1.29 is 14.3 Å². The summed E-state index contributed by atoms with van der Waals surface area (Å²) in [6.07, 6.45) is 8.12. The first-order chi connectivity index (χ1) is 11.8. The lowest BCUT2D eigenvalue weighted by Gasteiger charge is -2.35. The number of carbonyl (C=O) groups is 1. The molecule has 0 bridgehead atoms. The molecule has 0 aromatic carbocycles. The van der Waals surface area contributed by atoms with Crippen molar-refractivity contribution in [2.45, 2.75) is 31.8 Å². The van der Waals surface area contributed by atoms with E-state index in [0.29, 0.717) is 25.7 Å². The maximum atomic E-state index is 13.2. The molecule has 0 radical (unpaired) electrons. The average Bonchev–Trinajstić information content (AvgIpc) is 2.93. The summed E-state index contributed by atoms with van der Waals surface area (Å²) in [7, 11) is 0. The van der Waals surface area contributed by atoms with Crippen LogP contribution in [0, 0.1) is 17.8 Å². The Hall–Kier alpha value is -1.46. The van der Waals surface area contributed by atoms with Crippen molar-refractivity contribution in [2.75, 3.05) is 32.9 Å². The molecule has 0 N–H and O–H groups in total. The van der Waals surface area contributed by atoms with Crippen LogP contribution in [0.3, 0.4) is 0 Å². The molecule has 1 saturated carbocycles. The second kappa shape index (κ2) is 7.19. The van der Waals surface area contributed by atoms with Crippen LogP contribution in [0.15, 0.2) is 24.5 Å². The quantitative estimate of drug-likeness (QED) is 0.854. The lowest BCUT2D eigenvalue weighted by Crippen LogP contribution is -2.42. The molecular formula is C19H26N2O3. The van der Waals surface area contributed by atoms with Crippen LogP contribution in [-0.2, 0) is 14.3 Å². The van der Waals surface area contributed by atoms with Crippen LogP contribution >= 0.6 is 0 Å². The van der Waals surface area contributed by atoms with E-state index in [1.54, 1.807) is 12.4 Å². The maximum Gasteiger partial charge on any atom is 0.228 e. The third-order valence-corrected chi connectivity index (χ3v) is 5.86. The molecule has 3 atom stereocenters. The zero-order chi connectivity index (χ0) is 16.4. The van der Waals surface area contributed by atoms with Gasteiger partial charge in [0, 0.05) is 38.0 Å². The summed E-state index contributed by atoms with van der Waals surface area (Å²) < 4.78 is 11.7. The molecule has 4 rings (SSSR count). The molecule has 5 heteroatoms. The largest absolute Gasteiger partial charge is 0.379 e. The Kier molecular flexibility index (Phi) is 4.81. The third kappa shape index (κ3) is 3.20. The van der Waals surface area contributed by atoms with E-state index in [1.165, 1.54) is 19.3 Å². The van der Waals surface area contributed by atoms with E-state index in [1.807, 2.05) is 17.0 Å². The van der Waals surface area contributed by atoms with Crippen molar-refractivity contribution >= 4 is 5.91 Å². The standard InChI is InChI=1S/C19H26N2O3/c22-19(17-6-10-24-18(17)15-4-7-20-8-5-15)21-9-11-23-13-16(12-21)14-2-1-3-14/h4-5,7-8,14,16-18H,1-3,6,9-13H2/t16?,17-,18+/m1/s1. The average molecular weight is 330 g/mol. The van der Waals surface area contributed by atoms with Gasteiger partial charge in [0.25, 0.3) is 0 Å². The molecule has 1 amide bonds. The monoisotopic (exact) mass is 330 g/mol. The maximum absolute atomic E-state index is 13.2. The number of ether oxygens (including phenoxy) is 2. The topological polar surface area (TPSA) is 51.7 Å². The highest BCUT2D eigenvalue weighted by atomic mass is 16.5. The molecule has 1 unspecified atom stereocenters. The highest BCUT2D eigenvalue weighted by Gasteiger charge is 2.39. The summed E-state index contributed by atoms with van der Waals surface area (Å²) in [6.45, 7) is 3.68. The molecule has 1 aromatic rings. The SMILES string of the molecule is O=C([C@@H]1CCO[C@H]1c1ccncc1)N1CCOCC(C2CCC2)C1. The first-order valence-corrected chi connectivity index (χ1v) is 9.21. The van der Waals surface area contributed by atoms with Crippen LogP contribution in [0.2, 0.25) is 0 Å². The zero-order valence-electron chi connectivity index (χ0n) is 14.1. The molecule has 1 aromatic heterocycles. The highest BCUT2D eigenvalue weighted by molar-refractivity contribution is 5.80. The van der Waals surface area contributed by atoms with Gasteiger partial charge in [0.05, 0.1) is 25.2 Å². The number of amides is 1. The number of pyridine rings is 1. The Bertz CT molecular complexity index is 561. The second-order valence-corrected chi connectivity index (χ2v) is 7.28. The number of nitrogens with zero attached hydrogens (tertiary/aromatic N) is 2. The number of carbonyl (C=O) groups excluding carboxylic acids is 1. The first kappa shape index (κ1) is 16.0. The summed E-state index contributed by atoms with van der Waals surface area (Å²) in [5.41, 5.74) is 1.06. The Morgan fingerprint density at radius 3 is 2.71 bits per heavy atom. The van der Waals surface area contributed by atoms with E-state index in [9.17, 15) is 4.79 Å². The predicted octanol–water partition coefficient (Wildman–Crippen LogP) is 2.43. The molecule has 3 fully saturated rings. The van der Waals surface area contributed by atoms with Crippen LogP contribution in [0.1, 0.15) is 37.4 Å². The lowest BCUT2D eigenvalue weighted by molar-refractivity contribution is -0.138. The molecule has 3 aliphatic rings. The Morgan fingerprint density at radius 2 is 1.96 bits per heavy atom. The Labute approximate surface area is 143 Å². The summed E-state index contributed by atoms with van der Waals surface area (Å²) in [5.74, 6) is 1.41. The second-order valence-electron chi connectivity index (χ2n) is 7.28. The molecule has 24 heavy (non-hydrogen) atoms. The number of aromatic nitrogens is 1. The van der Waals surface area contributed by atoms with E-state index in [-0.39, 0.29) is 17.9 Å². The number of hydrogen-bond donors (Lipinski definition) is 0. The zero-order valence-corrected chi connectivity index (χ0v) is 14.1. The van der Waals surface area contributed by atoms with Crippen molar-refractivity contribution in [3.63, 3.8) is 0 Å². The van der Waals surface area contributed by atoms with Gasteiger partial charge in [-0.2, -0.15) is 0 Å². The molecule has 5 nitrogen and oxygen atoms in total. The van der Waals surface area contributed by atoms with Gasteiger partial charge in [-0.25, -0.2) is 0 Å². The molecule has 2 aliphatic heterocycles. The Morgan fingerprint density at radius 1 is 1.12 bits per heavy atom. The van der Waals surface area contributed by atoms with Crippen molar-refractivity contribution in [2.24, 2.45) is 17.8 Å². The van der Waals surface area contributed by atoms with Crippen molar-refractivity contribution in [1.82, 2.24) is 9.88 Å². The van der Waals surface area contributed by atoms with Crippen LogP contribution in [-0.4, -0.2) is 48.7 Å². The van der Waals surface area contributed by atoms with Gasteiger partial charge in [0.1, 0.15) is 0 Å². The van der Waals surface area contributed by atoms with Gasteiger partial charge >= 0.3 is 0 Å². The first-order valence-electron chi connectivity index (χ1n) is 9.21. The summed E-state index contributed by atoms with van der Waals surface area (Å²) in [6, 6.07) is 3.91. The van der Waals surface area contributed by atoms with Crippen LogP contribution < -0.4 is 0 Å². The minimum atomic E-state index is -0.133. The van der Waals surface area contributed by atoms with E-state index in [0.717, 1.165) is 31.1 Å². The van der Waals surface area contributed by atoms with Gasteiger partial charge < -0.3 is 14.4 Å². The van der Waals surface area contributed by atoms with Crippen LogP contribution in [0.4, 0.5) is 0 Å². The van der Waals surface area contributed by atoms with Gasteiger partial charge in [0.15, 0.2) is 0 Å². The fourth-order valence-electron chi connectivity index (χ4n) is 4.19. The Balaban J connectivity index is 1.47. The fourth-order valence-corrected chi connectivity index (χ4v) is 4.19. The highest BCUT2D eigenvalue weighted by Crippen LogP contribution is 2.38. The molecule has 130 valence electrons. The van der Waals surface area contributed by atoms with Crippen molar-refractivity contribution in [3.8, 4) is 0 Å². The lowest BCUT2D eigenvalue weighted by atomic mass is 9.76. The summed E-state index contributed by atoms with van der Waals surface area (Å²) in [5, 5.41) is 0. The molecule has 2 saturated heterocycles. The van der Waals surface area contributed by atoms with Crippen LogP contribution in [0.5, 0.6) is 0 Å². The normalized spacial score (nSPS) is 31.5. The van der Waals surface area contributed by atoms with Crippen molar-refractivity contribution in [3.05, 3.63) is 30.1 Å². The van der Waals surface area contributed by atoms with E-state index in [4.69, 9.17) is 9.47 Å². The van der Waals surface area contributed by atoms with Crippen molar-refractivity contribution in [1.29, 1.82) is 0 Å². The number of hydrogen-bond acceptors (Lipinski definition) is 4. The summed E-state index contributed by atoms with van der Waals surface area (Å²) >= 11 is 0. The summed E-state index contributed by atoms with van der Waals surface area (Å²) in [4.78, 5) is 19.3. The van der Waals surface area contributed by atoms with Gasteiger partial charge in [-0.3, -0.25) is 9.78 Å².